The summed E-state index contributed by atoms with van der Waals surface area (Å²) in [7, 11) is 1.62. The second-order valence-corrected chi connectivity index (χ2v) is 4.57. The highest BCUT2D eigenvalue weighted by atomic mass is 16.5. The molecule has 98 valence electrons. The first-order valence-corrected chi connectivity index (χ1v) is 6.18. The fourth-order valence-electron chi connectivity index (χ4n) is 2.06. The Morgan fingerprint density at radius 2 is 1.47 bits per heavy atom. The van der Waals surface area contributed by atoms with Crippen molar-refractivity contribution in [2.75, 3.05) is 7.11 Å². The average molecular weight is 254 g/mol. The lowest BCUT2D eigenvalue weighted by Crippen LogP contribution is -2.24. The van der Waals surface area contributed by atoms with Crippen LogP contribution in [0.2, 0.25) is 0 Å². The minimum atomic E-state index is -1.18. The van der Waals surface area contributed by atoms with Gasteiger partial charge in [0.05, 0.1) is 7.11 Å². The van der Waals surface area contributed by atoms with Crippen LogP contribution < -0.4 is 4.74 Å². The predicted molar refractivity (Wildman–Crippen MR) is 77.4 cm³/mol. The summed E-state index contributed by atoms with van der Waals surface area (Å²) in [6.45, 7) is 5.79. The van der Waals surface area contributed by atoms with Crippen LogP contribution in [0.25, 0.3) is 0 Å². The molecule has 0 spiro atoms. The molecule has 0 heterocycles. The molecule has 0 amide bonds. The van der Waals surface area contributed by atoms with E-state index in [9.17, 15) is 5.11 Å². The lowest BCUT2D eigenvalue weighted by atomic mass is 9.86. The van der Waals surface area contributed by atoms with Crippen LogP contribution in [0.5, 0.6) is 5.75 Å². The SMILES string of the molecule is C=CC(O)(c1ccc(C)cc1)c1ccc(OC)cc1. The van der Waals surface area contributed by atoms with Crippen molar-refractivity contribution in [3.8, 4) is 5.75 Å². The van der Waals surface area contributed by atoms with Gasteiger partial charge in [-0.15, -0.1) is 0 Å². The maximum Gasteiger partial charge on any atom is 0.133 e. The van der Waals surface area contributed by atoms with Gasteiger partial charge in [-0.25, -0.2) is 0 Å². The van der Waals surface area contributed by atoms with E-state index in [0.29, 0.717) is 0 Å². The molecule has 19 heavy (non-hydrogen) atoms. The largest absolute Gasteiger partial charge is 0.497 e. The summed E-state index contributed by atoms with van der Waals surface area (Å²) in [5.74, 6) is 0.763. The molecule has 2 aromatic rings. The second-order valence-electron chi connectivity index (χ2n) is 4.57. The lowest BCUT2D eigenvalue weighted by Gasteiger charge is -2.26. The molecular weight excluding hydrogens is 236 g/mol. The van der Waals surface area contributed by atoms with Crippen LogP contribution in [0.4, 0.5) is 0 Å². The molecule has 0 aliphatic heterocycles. The second kappa shape index (κ2) is 5.29. The number of aliphatic hydroxyl groups is 1. The standard InChI is InChI=1S/C17H18O2/c1-4-17(18,14-7-5-13(2)6-8-14)15-9-11-16(19-3)12-10-15/h4-12,18H,1H2,2-3H3. The molecule has 0 saturated carbocycles. The molecule has 1 atom stereocenters. The number of hydrogen-bond donors (Lipinski definition) is 1. The summed E-state index contributed by atoms with van der Waals surface area (Å²) in [4.78, 5) is 0. The average Bonchev–Trinajstić information content (AvgIpc) is 2.47. The van der Waals surface area contributed by atoms with Gasteiger partial charge in [0, 0.05) is 0 Å². The van der Waals surface area contributed by atoms with Gasteiger partial charge < -0.3 is 9.84 Å². The highest BCUT2D eigenvalue weighted by Gasteiger charge is 2.27. The molecule has 1 unspecified atom stereocenters. The van der Waals surface area contributed by atoms with E-state index in [1.54, 1.807) is 13.2 Å². The number of aryl methyl sites for hydroxylation is 1. The van der Waals surface area contributed by atoms with Crippen molar-refractivity contribution in [1.29, 1.82) is 0 Å². The van der Waals surface area contributed by atoms with Crippen LogP contribution in [0.3, 0.4) is 0 Å². The van der Waals surface area contributed by atoms with Crippen LogP contribution >= 0.6 is 0 Å². The van der Waals surface area contributed by atoms with Gasteiger partial charge in [0.15, 0.2) is 0 Å². The zero-order valence-electron chi connectivity index (χ0n) is 11.3. The van der Waals surface area contributed by atoms with Crippen molar-refractivity contribution < 1.29 is 9.84 Å². The summed E-state index contributed by atoms with van der Waals surface area (Å²) in [5.41, 5.74) is 1.55. The van der Waals surface area contributed by atoms with Gasteiger partial charge >= 0.3 is 0 Å². The van der Waals surface area contributed by atoms with Crippen molar-refractivity contribution >= 4 is 0 Å². The van der Waals surface area contributed by atoms with E-state index in [1.165, 1.54) is 0 Å². The third-order valence-corrected chi connectivity index (χ3v) is 3.32. The highest BCUT2D eigenvalue weighted by Crippen LogP contribution is 2.31. The van der Waals surface area contributed by atoms with Crippen LogP contribution in [0, 0.1) is 6.92 Å². The van der Waals surface area contributed by atoms with Crippen molar-refractivity contribution in [3.63, 3.8) is 0 Å². The van der Waals surface area contributed by atoms with Crippen LogP contribution in [-0.4, -0.2) is 12.2 Å². The van der Waals surface area contributed by atoms with E-state index >= 15 is 0 Å². The fraction of sp³-hybridized carbons (Fsp3) is 0.176. The van der Waals surface area contributed by atoms with Gasteiger partial charge in [-0.2, -0.15) is 0 Å². The Labute approximate surface area is 114 Å². The molecule has 0 aromatic heterocycles. The van der Waals surface area contributed by atoms with E-state index in [2.05, 4.69) is 6.58 Å². The molecule has 2 heteroatoms. The molecule has 1 N–H and O–H groups in total. The van der Waals surface area contributed by atoms with Gasteiger partial charge in [0.1, 0.15) is 11.4 Å². The van der Waals surface area contributed by atoms with Crippen molar-refractivity contribution in [2.24, 2.45) is 0 Å². The minimum Gasteiger partial charge on any atom is -0.497 e. The van der Waals surface area contributed by atoms with Crippen molar-refractivity contribution in [1.82, 2.24) is 0 Å². The Morgan fingerprint density at radius 1 is 1.00 bits per heavy atom. The lowest BCUT2D eigenvalue weighted by molar-refractivity contribution is 0.135. The Balaban J connectivity index is 2.46. The number of benzene rings is 2. The third-order valence-electron chi connectivity index (χ3n) is 3.32. The minimum absolute atomic E-state index is 0.763. The van der Waals surface area contributed by atoms with Crippen LogP contribution in [0.1, 0.15) is 16.7 Å². The predicted octanol–water partition coefficient (Wildman–Crippen LogP) is 3.43. The summed E-state index contributed by atoms with van der Waals surface area (Å²) < 4.78 is 5.13. The summed E-state index contributed by atoms with van der Waals surface area (Å²) in [5, 5.41) is 10.9. The zero-order valence-corrected chi connectivity index (χ0v) is 11.3. The van der Waals surface area contributed by atoms with E-state index in [-0.39, 0.29) is 0 Å². The number of hydrogen-bond acceptors (Lipinski definition) is 2. The molecular formula is C17H18O2. The van der Waals surface area contributed by atoms with E-state index in [0.717, 1.165) is 22.4 Å². The highest BCUT2D eigenvalue weighted by molar-refractivity contribution is 5.42. The van der Waals surface area contributed by atoms with Crippen molar-refractivity contribution in [2.45, 2.75) is 12.5 Å². The van der Waals surface area contributed by atoms with Gasteiger partial charge in [-0.05, 0) is 30.2 Å². The summed E-state index contributed by atoms with van der Waals surface area (Å²) in [6, 6.07) is 15.2. The molecule has 2 aromatic carbocycles. The normalized spacial score (nSPS) is 13.6. The van der Waals surface area contributed by atoms with Gasteiger partial charge in [-0.3, -0.25) is 0 Å². The van der Waals surface area contributed by atoms with Gasteiger partial charge in [0.2, 0.25) is 0 Å². The van der Waals surface area contributed by atoms with E-state index in [4.69, 9.17) is 4.74 Å². The van der Waals surface area contributed by atoms with E-state index in [1.807, 2.05) is 55.5 Å². The maximum atomic E-state index is 10.9. The molecule has 0 aliphatic carbocycles. The van der Waals surface area contributed by atoms with Gasteiger partial charge in [-0.1, -0.05) is 54.6 Å². The fourth-order valence-corrected chi connectivity index (χ4v) is 2.06. The third kappa shape index (κ3) is 2.54. The van der Waals surface area contributed by atoms with Crippen LogP contribution in [0.15, 0.2) is 61.2 Å². The zero-order chi connectivity index (χ0) is 13.9. The quantitative estimate of drug-likeness (QED) is 0.847. The van der Waals surface area contributed by atoms with Crippen molar-refractivity contribution in [3.05, 3.63) is 77.9 Å². The Morgan fingerprint density at radius 3 is 1.89 bits per heavy atom. The molecule has 0 radical (unpaired) electrons. The number of methoxy groups -OCH3 is 1. The Bertz CT molecular complexity index is 555. The van der Waals surface area contributed by atoms with Crippen LogP contribution in [-0.2, 0) is 5.60 Å². The number of ether oxygens (including phenoxy) is 1. The first kappa shape index (κ1) is 13.4. The molecule has 2 nitrogen and oxygen atoms in total. The first-order valence-electron chi connectivity index (χ1n) is 6.18. The maximum absolute atomic E-state index is 10.9. The van der Waals surface area contributed by atoms with E-state index < -0.39 is 5.60 Å². The molecule has 0 fully saturated rings. The summed E-state index contributed by atoms with van der Waals surface area (Å²) >= 11 is 0. The monoisotopic (exact) mass is 254 g/mol. The Kier molecular flexibility index (Phi) is 3.72. The molecule has 2 rings (SSSR count). The Hall–Kier alpha value is -2.06. The van der Waals surface area contributed by atoms with Gasteiger partial charge in [0.25, 0.3) is 0 Å². The molecule has 0 saturated heterocycles. The number of rotatable bonds is 4. The first-order chi connectivity index (χ1) is 9.10. The molecule has 0 bridgehead atoms. The topological polar surface area (TPSA) is 29.5 Å². The summed E-state index contributed by atoms with van der Waals surface area (Å²) in [6.07, 6.45) is 1.56. The smallest absolute Gasteiger partial charge is 0.133 e. The molecule has 0 aliphatic rings.